The molecule has 1 N–H and O–H groups in total. The molecule has 0 saturated heterocycles. The van der Waals surface area contributed by atoms with Gasteiger partial charge in [0.15, 0.2) is 5.78 Å². The Morgan fingerprint density at radius 3 is 2.59 bits per heavy atom. The van der Waals surface area contributed by atoms with Gasteiger partial charge < -0.3 is 14.8 Å². The molecule has 0 aliphatic carbocycles. The highest BCUT2D eigenvalue weighted by atomic mass is 16.5. The molecule has 94 valence electrons. The summed E-state index contributed by atoms with van der Waals surface area (Å²) < 4.78 is 10.3. The average Bonchev–Trinajstić information content (AvgIpc) is 2.37. The smallest absolute Gasteiger partial charge is 0.170 e. The van der Waals surface area contributed by atoms with E-state index in [0.29, 0.717) is 23.6 Å². The Bertz CT molecular complexity index is 390. The van der Waals surface area contributed by atoms with Crippen LogP contribution in [0.25, 0.3) is 0 Å². The fraction of sp³-hybridized carbons (Fsp3) is 0.462. The van der Waals surface area contributed by atoms with E-state index in [1.165, 1.54) is 0 Å². The molecule has 0 aliphatic rings. The molecule has 0 saturated carbocycles. The molecule has 0 heterocycles. The first-order chi connectivity index (χ1) is 8.13. The standard InChI is InChI=1S/C13H19NO3/c1-9(8-14-2)13(15)11-7-10(16-3)5-6-12(11)17-4/h5-7,9,14H,8H2,1-4H3. The molecule has 4 nitrogen and oxygen atoms in total. The van der Waals surface area contributed by atoms with Crippen LogP contribution in [0.5, 0.6) is 11.5 Å². The summed E-state index contributed by atoms with van der Waals surface area (Å²) in [7, 11) is 4.96. The first-order valence-electron chi connectivity index (χ1n) is 5.54. The molecule has 1 rings (SSSR count). The summed E-state index contributed by atoms with van der Waals surface area (Å²) >= 11 is 0. The number of carbonyl (C=O) groups is 1. The fourth-order valence-corrected chi connectivity index (χ4v) is 1.67. The van der Waals surface area contributed by atoms with E-state index >= 15 is 0 Å². The zero-order valence-electron chi connectivity index (χ0n) is 10.7. The highest BCUT2D eigenvalue weighted by molar-refractivity contribution is 6.00. The molecule has 1 aromatic carbocycles. The Hall–Kier alpha value is -1.55. The van der Waals surface area contributed by atoms with Crippen LogP contribution in [-0.4, -0.2) is 33.6 Å². The summed E-state index contributed by atoms with van der Waals surface area (Å²) in [6.07, 6.45) is 0. The highest BCUT2D eigenvalue weighted by Crippen LogP contribution is 2.26. The molecule has 0 fully saturated rings. The van der Waals surface area contributed by atoms with Crippen molar-refractivity contribution in [2.75, 3.05) is 27.8 Å². The number of rotatable bonds is 6. The van der Waals surface area contributed by atoms with Crippen LogP contribution in [0, 0.1) is 5.92 Å². The van der Waals surface area contributed by atoms with Gasteiger partial charge in [0, 0.05) is 12.5 Å². The van der Waals surface area contributed by atoms with Gasteiger partial charge in [0.05, 0.1) is 19.8 Å². The lowest BCUT2D eigenvalue weighted by Crippen LogP contribution is -2.24. The molecule has 4 heteroatoms. The summed E-state index contributed by atoms with van der Waals surface area (Å²) in [4.78, 5) is 12.2. The third-order valence-electron chi connectivity index (χ3n) is 2.63. The maximum atomic E-state index is 12.2. The van der Waals surface area contributed by atoms with Crippen molar-refractivity contribution in [2.24, 2.45) is 5.92 Å². The van der Waals surface area contributed by atoms with E-state index in [1.54, 1.807) is 32.4 Å². The first-order valence-corrected chi connectivity index (χ1v) is 5.54. The van der Waals surface area contributed by atoms with Crippen molar-refractivity contribution in [3.05, 3.63) is 23.8 Å². The number of hydrogen-bond donors (Lipinski definition) is 1. The Labute approximate surface area is 102 Å². The largest absolute Gasteiger partial charge is 0.497 e. The predicted molar refractivity (Wildman–Crippen MR) is 67.0 cm³/mol. The van der Waals surface area contributed by atoms with Crippen LogP contribution < -0.4 is 14.8 Å². The maximum Gasteiger partial charge on any atom is 0.170 e. The van der Waals surface area contributed by atoms with Gasteiger partial charge in [-0.25, -0.2) is 0 Å². The summed E-state index contributed by atoms with van der Waals surface area (Å²) in [6, 6.07) is 5.24. The van der Waals surface area contributed by atoms with E-state index < -0.39 is 0 Å². The van der Waals surface area contributed by atoms with Gasteiger partial charge in [0.2, 0.25) is 0 Å². The normalized spacial score (nSPS) is 12.0. The van der Waals surface area contributed by atoms with Crippen molar-refractivity contribution in [1.82, 2.24) is 5.32 Å². The minimum Gasteiger partial charge on any atom is -0.497 e. The Morgan fingerprint density at radius 2 is 2.06 bits per heavy atom. The molecule has 0 radical (unpaired) electrons. The summed E-state index contributed by atoms with van der Waals surface area (Å²) in [5.41, 5.74) is 0.564. The van der Waals surface area contributed by atoms with E-state index in [2.05, 4.69) is 5.32 Å². The van der Waals surface area contributed by atoms with Gasteiger partial charge >= 0.3 is 0 Å². The lowest BCUT2D eigenvalue weighted by Gasteiger charge is -2.13. The Morgan fingerprint density at radius 1 is 1.35 bits per heavy atom. The molecular weight excluding hydrogens is 218 g/mol. The third kappa shape index (κ3) is 3.20. The minimum absolute atomic E-state index is 0.0510. The van der Waals surface area contributed by atoms with Crippen molar-refractivity contribution in [2.45, 2.75) is 6.92 Å². The monoisotopic (exact) mass is 237 g/mol. The zero-order chi connectivity index (χ0) is 12.8. The predicted octanol–water partition coefficient (Wildman–Crippen LogP) is 1.74. The van der Waals surface area contributed by atoms with Crippen LogP contribution in [0.2, 0.25) is 0 Å². The molecule has 17 heavy (non-hydrogen) atoms. The molecular formula is C13H19NO3. The second-order valence-corrected chi connectivity index (χ2v) is 3.89. The van der Waals surface area contributed by atoms with Crippen LogP contribution in [0.15, 0.2) is 18.2 Å². The van der Waals surface area contributed by atoms with Gasteiger partial charge in [-0.2, -0.15) is 0 Å². The van der Waals surface area contributed by atoms with E-state index in [1.807, 2.05) is 14.0 Å². The van der Waals surface area contributed by atoms with E-state index in [-0.39, 0.29) is 11.7 Å². The van der Waals surface area contributed by atoms with Crippen LogP contribution in [-0.2, 0) is 0 Å². The lowest BCUT2D eigenvalue weighted by molar-refractivity contribution is 0.0926. The van der Waals surface area contributed by atoms with Gasteiger partial charge in [-0.3, -0.25) is 4.79 Å². The van der Waals surface area contributed by atoms with Crippen LogP contribution >= 0.6 is 0 Å². The molecule has 1 unspecified atom stereocenters. The number of hydrogen-bond acceptors (Lipinski definition) is 4. The Balaban J connectivity index is 3.05. The highest BCUT2D eigenvalue weighted by Gasteiger charge is 2.19. The lowest BCUT2D eigenvalue weighted by atomic mass is 9.98. The van der Waals surface area contributed by atoms with Gasteiger partial charge in [-0.1, -0.05) is 6.92 Å². The molecule has 0 aromatic heterocycles. The minimum atomic E-state index is -0.0963. The van der Waals surface area contributed by atoms with Crippen molar-refractivity contribution in [1.29, 1.82) is 0 Å². The number of ketones is 1. The molecule has 0 spiro atoms. The van der Waals surface area contributed by atoms with Crippen molar-refractivity contribution < 1.29 is 14.3 Å². The van der Waals surface area contributed by atoms with E-state index in [0.717, 1.165) is 0 Å². The van der Waals surface area contributed by atoms with Crippen LogP contribution in [0.4, 0.5) is 0 Å². The fourth-order valence-electron chi connectivity index (χ4n) is 1.67. The molecule has 0 aliphatic heterocycles. The molecule has 1 atom stereocenters. The number of Topliss-reactive ketones (excluding diaryl/α,β-unsaturated/α-hetero) is 1. The summed E-state index contributed by atoms with van der Waals surface area (Å²) in [5, 5.41) is 2.99. The number of carbonyl (C=O) groups excluding carboxylic acids is 1. The molecule has 0 amide bonds. The number of benzene rings is 1. The van der Waals surface area contributed by atoms with Gasteiger partial charge in [0.1, 0.15) is 11.5 Å². The summed E-state index contributed by atoms with van der Waals surface area (Å²) in [5.74, 6) is 1.20. The average molecular weight is 237 g/mol. The first kappa shape index (κ1) is 13.5. The zero-order valence-corrected chi connectivity index (χ0v) is 10.7. The van der Waals surface area contributed by atoms with Gasteiger partial charge in [-0.05, 0) is 25.2 Å². The third-order valence-corrected chi connectivity index (χ3v) is 2.63. The quantitative estimate of drug-likeness (QED) is 0.766. The van der Waals surface area contributed by atoms with E-state index in [9.17, 15) is 4.79 Å². The Kier molecular flexibility index (Phi) is 4.97. The topological polar surface area (TPSA) is 47.6 Å². The molecule has 1 aromatic rings. The van der Waals surface area contributed by atoms with Gasteiger partial charge in [-0.15, -0.1) is 0 Å². The summed E-state index contributed by atoms with van der Waals surface area (Å²) in [6.45, 7) is 2.52. The molecule has 0 bridgehead atoms. The second-order valence-electron chi connectivity index (χ2n) is 3.89. The van der Waals surface area contributed by atoms with Crippen LogP contribution in [0.3, 0.4) is 0 Å². The number of methoxy groups -OCH3 is 2. The number of ether oxygens (including phenoxy) is 2. The second kappa shape index (κ2) is 6.25. The van der Waals surface area contributed by atoms with Crippen LogP contribution in [0.1, 0.15) is 17.3 Å². The van der Waals surface area contributed by atoms with Crippen molar-refractivity contribution >= 4 is 5.78 Å². The van der Waals surface area contributed by atoms with E-state index in [4.69, 9.17) is 9.47 Å². The van der Waals surface area contributed by atoms with Gasteiger partial charge in [0.25, 0.3) is 0 Å². The van der Waals surface area contributed by atoms with Crippen molar-refractivity contribution in [3.8, 4) is 11.5 Å². The number of nitrogens with one attached hydrogen (secondary N) is 1. The maximum absolute atomic E-state index is 12.2. The SMILES string of the molecule is CNCC(C)C(=O)c1cc(OC)ccc1OC. The van der Waals surface area contributed by atoms with Crippen molar-refractivity contribution in [3.63, 3.8) is 0 Å².